The van der Waals surface area contributed by atoms with Crippen LogP contribution in [0.2, 0.25) is 0 Å². The van der Waals surface area contributed by atoms with Crippen molar-refractivity contribution in [2.75, 3.05) is 22.3 Å². The molecule has 3 aromatic rings. The lowest BCUT2D eigenvalue weighted by molar-refractivity contribution is 0.467. The Balaban J connectivity index is 1.74. The van der Waals surface area contributed by atoms with Crippen molar-refractivity contribution in [3.05, 3.63) is 60.7 Å². The minimum absolute atomic E-state index is 0.273. The van der Waals surface area contributed by atoms with Crippen LogP contribution in [-0.4, -0.2) is 31.4 Å². The average molecular weight is 400 g/mol. The maximum absolute atomic E-state index is 14.8. The van der Waals surface area contributed by atoms with Gasteiger partial charge in [0.25, 0.3) is 0 Å². The zero-order valence-corrected chi connectivity index (χ0v) is 15.9. The fourth-order valence-electron chi connectivity index (χ4n) is 3.39. The number of para-hydroxylation sites is 1. The molecule has 2 aromatic carbocycles. The van der Waals surface area contributed by atoms with Crippen molar-refractivity contribution in [3.63, 3.8) is 0 Å². The molecule has 146 valence electrons. The standard InChI is InChI=1S/C20H21FN4O2S/c21-17-11-14(7-8-16(17)18-12-24-20(22)13-23-18)15-5-1-2-6-19(15)25-9-3-4-10-28(25,26)27/h1-2,5-8,11-13,26-27H,3-4,9-10H2,(H2,22,24). The third-order valence-electron chi connectivity index (χ3n) is 4.78. The number of benzene rings is 2. The van der Waals surface area contributed by atoms with E-state index >= 15 is 0 Å². The molecule has 0 atom stereocenters. The zero-order chi connectivity index (χ0) is 19.7. The largest absolute Gasteiger partial charge is 0.382 e. The minimum Gasteiger partial charge on any atom is -0.382 e. The van der Waals surface area contributed by atoms with Crippen LogP contribution in [-0.2, 0) is 0 Å². The van der Waals surface area contributed by atoms with Gasteiger partial charge >= 0.3 is 0 Å². The molecule has 1 fully saturated rings. The second kappa shape index (κ2) is 7.38. The van der Waals surface area contributed by atoms with Gasteiger partial charge in [0.15, 0.2) is 0 Å². The van der Waals surface area contributed by atoms with Crippen molar-refractivity contribution in [2.45, 2.75) is 12.8 Å². The number of aromatic nitrogens is 2. The third kappa shape index (κ3) is 3.54. The number of hydrogen-bond acceptors (Lipinski definition) is 6. The Hall–Kier alpha value is -2.68. The van der Waals surface area contributed by atoms with Crippen molar-refractivity contribution in [1.82, 2.24) is 9.97 Å². The summed E-state index contributed by atoms with van der Waals surface area (Å²) < 4.78 is 37.5. The van der Waals surface area contributed by atoms with Gasteiger partial charge in [-0.25, -0.2) is 9.37 Å². The highest BCUT2D eigenvalue weighted by molar-refractivity contribution is 8.25. The van der Waals surface area contributed by atoms with E-state index in [0.717, 1.165) is 18.4 Å². The monoisotopic (exact) mass is 400 g/mol. The molecular weight excluding hydrogens is 379 g/mol. The summed E-state index contributed by atoms with van der Waals surface area (Å²) in [5.74, 6) is 0.191. The van der Waals surface area contributed by atoms with E-state index in [9.17, 15) is 13.5 Å². The molecule has 1 aliphatic rings. The first-order chi connectivity index (χ1) is 13.5. The number of nitrogens with two attached hydrogens (primary N) is 1. The minimum atomic E-state index is -2.86. The topological polar surface area (TPSA) is 95.5 Å². The summed E-state index contributed by atoms with van der Waals surface area (Å²) >= 11 is 0. The van der Waals surface area contributed by atoms with Crippen LogP contribution >= 0.6 is 10.8 Å². The van der Waals surface area contributed by atoms with Crippen molar-refractivity contribution >= 4 is 22.3 Å². The molecular formula is C20H21FN4O2S. The number of nitrogen functional groups attached to an aromatic ring is 1. The Morgan fingerprint density at radius 1 is 1.00 bits per heavy atom. The molecule has 0 aliphatic carbocycles. The van der Waals surface area contributed by atoms with Crippen LogP contribution < -0.4 is 10.0 Å². The fourth-order valence-corrected chi connectivity index (χ4v) is 5.10. The lowest BCUT2D eigenvalue weighted by Gasteiger charge is -2.48. The summed E-state index contributed by atoms with van der Waals surface area (Å²) in [5, 5.41) is 0. The molecule has 0 unspecified atom stereocenters. The van der Waals surface area contributed by atoms with E-state index in [1.165, 1.54) is 18.5 Å². The van der Waals surface area contributed by atoms with Gasteiger partial charge in [-0.2, -0.15) is 0 Å². The maximum Gasteiger partial charge on any atom is 0.141 e. The van der Waals surface area contributed by atoms with Gasteiger partial charge in [-0.15, -0.1) is 10.8 Å². The Bertz CT molecular complexity index is 998. The molecule has 0 spiro atoms. The van der Waals surface area contributed by atoms with Crippen molar-refractivity contribution < 1.29 is 13.5 Å². The number of halogens is 1. The molecule has 0 saturated carbocycles. The SMILES string of the molecule is Nc1cnc(-c2ccc(-c3ccccc3N3CCCCS3(O)O)cc2F)cn1. The quantitative estimate of drug-likeness (QED) is 0.585. The van der Waals surface area contributed by atoms with E-state index in [2.05, 4.69) is 9.97 Å². The molecule has 0 amide bonds. The summed E-state index contributed by atoms with van der Waals surface area (Å²) in [6.07, 6.45) is 4.49. The molecule has 0 radical (unpaired) electrons. The number of anilines is 2. The van der Waals surface area contributed by atoms with E-state index in [1.54, 1.807) is 16.4 Å². The Morgan fingerprint density at radius 3 is 2.54 bits per heavy atom. The smallest absolute Gasteiger partial charge is 0.141 e. The molecule has 2 heterocycles. The van der Waals surface area contributed by atoms with Gasteiger partial charge in [0, 0.05) is 17.7 Å². The molecule has 1 aromatic heterocycles. The lowest BCUT2D eigenvalue weighted by atomic mass is 10.0. The second-order valence-electron chi connectivity index (χ2n) is 6.68. The van der Waals surface area contributed by atoms with E-state index in [4.69, 9.17) is 5.73 Å². The Morgan fingerprint density at radius 2 is 1.82 bits per heavy atom. The van der Waals surface area contributed by atoms with E-state index in [0.29, 0.717) is 34.8 Å². The maximum atomic E-state index is 14.8. The van der Waals surface area contributed by atoms with Crippen LogP contribution in [0.5, 0.6) is 0 Å². The average Bonchev–Trinajstić information content (AvgIpc) is 2.68. The van der Waals surface area contributed by atoms with Crippen LogP contribution in [0.25, 0.3) is 22.4 Å². The first-order valence-corrected chi connectivity index (χ1v) is 10.6. The van der Waals surface area contributed by atoms with E-state index < -0.39 is 16.6 Å². The van der Waals surface area contributed by atoms with E-state index in [1.807, 2.05) is 24.3 Å². The number of hydrogen-bond donors (Lipinski definition) is 3. The summed E-state index contributed by atoms with van der Waals surface area (Å²) in [6, 6.07) is 12.3. The molecule has 28 heavy (non-hydrogen) atoms. The van der Waals surface area contributed by atoms with Gasteiger partial charge in [-0.05, 0) is 36.6 Å². The number of rotatable bonds is 3. The van der Waals surface area contributed by atoms with Gasteiger partial charge in [0.2, 0.25) is 0 Å². The van der Waals surface area contributed by atoms with Crippen molar-refractivity contribution in [3.8, 4) is 22.4 Å². The van der Waals surface area contributed by atoms with Crippen LogP contribution in [0.3, 0.4) is 0 Å². The summed E-state index contributed by atoms with van der Waals surface area (Å²) in [7, 11) is -2.86. The zero-order valence-electron chi connectivity index (χ0n) is 15.1. The normalized spacial score (nSPS) is 17.3. The predicted octanol–water partition coefficient (Wildman–Crippen LogP) is 4.80. The van der Waals surface area contributed by atoms with Gasteiger partial charge in [-0.3, -0.25) is 18.4 Å². The Labute approximate surface area is 164 Å². The first-order valence-electron chi connectivity index (χ1n) is 8.96. The summed E-state index contributed by atoms with van der Waals surface area (Å²) in [5.41, 5.74) is 8.37. The second-order valence-corrected chi connectivity index (χ2v) is 8.80. The lowest BCUT2D eigenvalue weighted by Crippen LogP contribution is -2.34. The predicted molar refractivity (Wildman–Crippen MR) is 112 cm³/mol. The van der Waals surface area contributed by atoms with Crippen LogP contribution in [0.15, 0.2) is 54.9 Å². The molecule has 6 nitrogen and oxygen atoms in total. The molecule has 8 heteroatoms. The molecule has 1 saturated heterocycles. The van der Waals surface area contributed by atoms with Gasteiger partial charge in [-0.1, -0.05) is 24.3 Å². The summed E-state index contributed by atoms with van der Waals surface area (Å²) in [6.45, 7) is 0.556. The first kappa shape index (κ1) is 18.7. The highest BCUT2D eigenvalue weighted by Gasteiger charge is 2.28. The molecule has 4 rings (SSSR count). The van der Waals surface area contributed by atoms with Gasteiger partial charge in [0.05, 0.1) is 29.5 Å². The van der Waals surface area contributed by atoms with Crippen LogP contribution in [0.1, 0.15) is 12.8 Å². The number of nitrogens with zero attached hydrogens (tertiary/aromatic N) is 3. The van der Waals surface area contributed by atoms with Gasteiger partial charge < -0.3 is 5.73 Å². The Kier molecular flexibility index (Phi) is 4.92. The van der Waals surface area contributed by atoms with Crippen molar-refractivity contribution in [2.24, 2.45) is 0 Å². The summed E-state index contributed by atoms with van der Waals surface area (Å²) in [4.78, 5) is 8.08. The van der Waals surface area contributed by atoms with E-state index in [-0.39, 0.29) is 5.82 Å². The molecule has 1 aliphatic heterocycles. The highest BCUT2D eigenvalue weighted by Crippen LogP contribution is 2.51. The third-order valence-corrected chi connectivity index (χ3v) is 6.70. The molecule has 4 N–H and O–H groups in total. The fraction of sp³-hybridized carbons (Fsp3) is 0.200. The van der Waals surface area contributed by atoms with Crippen molar-refractivity contribution in [1.29, 1.82) is 0 Å². The van der Waals surface area contributed by atoms with Gasteiger partial charge in [0.1, 0.15) is 11.6 Å². The van der Waals surface area contributed by atoms with Crippen LogP contribution in [0.4, 0.5) is 15.9 Å². The molecule has 0 bridgehead atoms. The van der Waals surface area contributed by atoms with Crippen LogP contribution in [0, 0.1) is 5.82 Å². The highest BCUT2D eigenvalue weighted by atomic mass is 32.3.